The van der Waals surface area contributed by atoms with Crippen molar-refractivity contribution in [1.82, 2.24) is 20.7 Å². The Morgan fingerprint density at radius 2 is 1.97 bits per heavy atom. The monoisotopic (exact) mass is 530 g/mol. The largest absolute Gasteiger partial charge is 0.485 e. The van der Waals surface area contributed by atoms with Crippen LogP contribution >= 0.6 is 12.4 Å². The molecule has 37 heavy (non-hydrogen) atoms. The Bertz CT molecular complexity index is 1100. The predicted octanol–water partition coefficient (Wildman–Crippen LogP) is 3.58. The van der Waals surface area contributed by atoms with Crippen molar-refractivity contribution in [2.75, 3.05) is 33.2 Å². The van der Waals surface area contributed by atoms with Crippen LogP contribution in [0.5, 0.6) is 11.5 Å². The Balaban J connectivity index is 0.00000280. The molecule has 202 valence electrons. The first-order valence-corrected chi connectivity index (χ1v) is 13.5. The first kappa shape index (κ1) is 26.3. The number of carbonyl (C=O) groups is 2. The Hall–Kier alpha value is -2.29. The highest BCUT2D eigenvalue weighted by Gasteiger charge is 2.62. The van der Waals surface area contributed by atoms with E-state index in [1.807, 2.05) is 24.9 Å². The molecule has 4 atom stereocenters. The molecule has 2 amide bonds. The second kappa shape index (κ2) is 9.79. The molecular formula is C28H39ClN4O4. The van der Waals surface area contributed by atoms with Crippen molar-refractivity contribution in [3.05, 3.63) is 35.4 Å². The summed E-state index contributed by atoms with van der Waals surface area (Å²) < 4.78 is 12.4. The number of likely N-dealkylation sites (N-methyl/N-ethyl adjacent to an activating group) is 1. The van der Waals surface area contributed by atoms with Gasteiger partial charge in [-0.2, -0.15) is 0 Å². The van der Waals surface area contributed by atoms with Gasteiger partial charge in [-0.1, -0.05) is 24.6 Å². The molecule has 1 spiro atoms. The number of benzene rings is 1. The van der Waals surface area contributed by atoms with E-state index in [9.17, 15) is 9.59 Å². The van der Waals surface area contributed by atoms with Crippen molar-refractivity contribution >= 4 is 24.4 Å². The zero-order valence-corrected chi connectivity index (χ0v) is 22.9. The number of ether oxygens (including phenoxy) is 2. The second-order valence-electron chi connectivity index (χ2n) is 11.9. The summed E-state index contributed by atoms with van der Waals surface area (Å²) in [5, 5.41) is 4.79. The van der Waals surface area contributed by atoms with Gasteiger partial charge < -0.3 is 19.7 Å². The van der Waals surface area contributed by atoms with E-state index in [4.69, 9.17) is 9.47 Å². The van der Waals surface area contributed by atoms with Crippen LogP contribution < -0.4 is 20.2 Å². The number of rotatable bonds is 5. The van der Waals surface area contributed by atoms with Gasteiger partial charge in [-0.15, -0.1) is 12.4 Å². The molecule has 2 N–H and O–H groups in total. The number of hydrogen-bond donors (Lipinski definition) is 2. The number of hydrogen-bond acceptors (Lipinski definition) is 6. The van der Waals surface area contributed by atoms with E-state index in [1.165, 1.54) is 17.5 Å². The van der Waals surface area contributed by atoms with Gasteiger partial charge in [0.2, 0.25) is 5.91 Å². The van der Waals surface area contributed by atoms with Gasteiger partial charge in [-0.3, -0.25) is 10.2 Å². The SMILES string of the molecule is CN1CC[C@]23c4c5ccc(OC(=O)NCC(C)(C)C(=O)NN6CCCCC6)c4O[C@H]2CC=CC3C1C5.Cl. The molecule has 0 radical (unpaired) electrons. The zero-order valence-electron chi connectivity index (χ0n) is 22.0. The van der Waals surface area contributed by atoms with Crippen LogP contribution in [0.1, 0.15) is 57.1 Å². The fraction of sp³-hybridized carbons (Fsp3) is 0.643. The quantitative estimate of drug-likeness (QED) is 0.566. The molecule has 2 aliphatic carbocycles. The average Bonchev–Trinajstić information content (AvgIpc) is 3.21. The van der Waals surface area contributed by atoms with Crippen LogP contribution in [0.25, 0.3) is 0 Å². The molecule has 2 bridgehead atoms. The Labute approximate surface area is 225 Å². The van der Waals surface area contributed by atoms with E-state index < -0.39 is 11.5 Å². The van der Waals surface area contributed by atoms with E-state index in [0.29, 0.717) is 17.7 Å². The normalized spacial score (nSPS) is 30.0. The highest BCUT2D eigenvalue weighted by atomic mass is 35.5. The number of nitrogens with one attached hydrogen (secondary N) is 2. The van der Waals surface area contributed by atoms with Gasteiger partial charge in [0.1, 0.15) is 6.10 Å². The van der Waals surface area contributed by atoms with Gasteiger partial charge >= 0.3 is 6.09 Å². The minimum Gasteiger partial charge on any atom is -0.485 e. The third-order valence-electron chi connectivity index (χ3n) is 9.19. The van der Waals surface area contributed by atoms with Gasteiger partial charge in [0.15, 0.2) is 11.5 Å². The summed E-state index contributed by atoms with van der Waals surface area (Å²) in [5.41, 5.74) is 4.79. The third-order valence-corrected chi connectivity index (χ3v) is 9.19. The molecule has 3 heterocycles. The van der Waals surface area contributed by atoms with Gasteiger partial charge in [-0.05, 0) is 64.8 Å². The maximum atomic E-state index is 12.9. The van der Waals surface area contributed by atoms with Crippen LogP contribution in [0.4, 0.5) is 4.79 Å². The first-order chi connectivity index (χ1) is 17.3. The minimum absolute atomic E-state index is 0. The lowest BCUT2D eigenvalue weighted by atomic mass is 9.54. The highest BCUT2D eigenvalue weighted by Crippen LogP contribution is 2.62. The number of hydrazine groups is 1. The van der Waals surface area contributed by atoms with Crippen molar-refractivity contribution in [1.29, 1.82) is 0 Å². The summed E-state index contributed by atoms with van der Waals surface area (Å²) in [4.78, 5) is 28.2. The van der Waals surface area contributed by atoms with Crippen LogP contribution in [0.2, 0.25) is 0 Å². The van der Waals surface area contributed by atoms with Crippen LogP contribution in [0, 0.1) is 11.3 Å². The lowest BCUT2D eigenvalue weighted by molar-refractivity contribution is -0.134. The van der Waals surface area contributed by atoms with Crippen LogP contribution in [-0.2, 0) is 16.6 Å². The summed E-state index contributed by atoms with van der Waals surface area (Å²) in [5.74, 6) is 1.54. The van der Waals surface area contributed by atoms with Crippen molar-refractivity contribution in [2.24, 2.45) is 11.3 Å². The molecule has 2 unspecified atom stereocenters. The molecule has 0 saturated carbocycles. The first-order valence-electron chi connectivity index (χ1n) is 13.5. The van der Waals surface area contributed by atoms with Gasteiger partial charge in [0, 0.05) is 49.0 Å². The summed E-state index contributed by atoms with van der Waals surface area (Å²) >= 11 is 0. The molecule has 6 rings (SSSR count). The smallest absolute Gasteiger partial charge is 0.412 e. The molecule has 5 aliphatic rings. The van der Waals surface area contributed by atoms with E-state index >= 15 is 0 Å². The molecule has 2 saturated heterocycles. The Morgan fingerprint density at radius 3 is 2.76 bits per heavy atom. The standard InChI is InChI=1S/C28H38N4O4.ClH/c1-27(2,25(33)30-32-13-5-4-6-14-32)17-29-26(34)35-21-11-10-18-16-20-19-8-7-9-22-28(19,12-15-31(20)3)23(18)24(21)36-22;/h7-8,10-11,19-20,22H,4-6,9,12-17H2,1-3H3,(H,29,34)(H,30,33);1H/t19?,20?,22-,28+;/m0./s1. The van der Waals surface area contributed by atoms with Gasteiger partial charge in [0.25, 0.3) is 0 Å². The van der Waals surface area contributed by atoms with Crippen LogP contribution in [0.15, 0.2) is 24.3 Å². The summed E-state index contributed by atoms with van der Waals surface area (Å²) in [6.45, 7) is 6.64. The molecule has 1 aromatic carbocycles. The maximum Gasteiger partial charge on any atom is 0.412 e. The molecule has 0 aromatic heterocycles. The summed E-state index contributed by atoms with van der Waals surface area (Å²) in [7, 11) is 2.23. The predicted molar refractivity (Wildman–Crippen MR) is 143 cm³/mol. The minimum atomic E-state index is -0.768. The van der Waals surface area contributed by atoms with Crippen LogP contribution in [0.3, 0.4) is 0 Å². The molecule has 2 fully saturated rings. The van der Waals surface area contributed by atoms with Crippen molar-refractivity contribution in [3.8, 4) is 11.5 Å². The number of amides is 2. The number of halogens is 1. The fourth-order valence-electron chi connectivity index (χ4n) is 7.09. The van der Waals surface area contributed by atoms with Crippen molar-refractivity contribution in [3.63, 3.8) is 0 Å². The molecule has 1 aromatic rings. The zero-order chi connectivity index (χ0) is 25.1. The summed E-state index contributed by atoms with van der Waals surface area (Å²) in [6, 6.07) is 4.47. The van der Waals surface area contributed by atoms with E-state index in [1.54, 1.807) is 0 Å². The average molecular weight is 531 g/mol. The number of likely N-dealkylation sites (tertiary alicyclic amines) is 1. The molecular weight excluding hydrogens is 492 g/mol. The lowest BCUT2D eigenvalue weighted by Gasteiger charge is -2.55. The molecule has 8 nitrogen and oxygen atoms in total. The third kappa shape index (κ3) is 4.31. The number of piperidine rings is 2. The Morgan fingerprint density at radius 1 is 1.19 bits per heavy atom. The van der Waals surface area contributed by atoms with Gasteiger partial charge in [-0.25, -0.2) is 9.80 Å². The number of carbonyl (C=O) groups excluding carboxylic acids is 2. The second-order valence-corrected chi connectivity index (χ2v) is 11.9. The molecule has 9 heteroatoms. The van der Waals surface area contributed by atoms with E-state index in [2.05, 4.69) is 40.9 Å². The topological polar surface area (TPSA) is 83.1 Å². The highest BCUT2D eigenvalue weighted by molar-refractivity contribution is 5.85. The van der Waals surface area contributed by atoms with Crippen LogP contribution in [-0.4, -0.2) is 67.3 Å². The summed E-state index contributed by atoms with van der Waals surface area (Å²) in [6.07, 6.45) is 10.5. The van der Waals surface area contributed by atoms with Crippen molar-refractivity contribution < 1.29 is 19.1 Å². The van der Waals surface area contributed by atoms with E-state index in [0.717, 1.165) is 57.5 Å². The maximum absolute atomic E-state index is 12.9. The molecule has 3 aliphatic heterocycles. The Kier molecular flexibility index (Phi) is 6.96. The van der Waals surface area contributed by atoms with Crippen molar-refractivity contribution in [2.45, 2.75) is 69.9 Å². The van der Waals surface area contributed by atoms with Gasteiger partial charge in [0.05, 0.1) is 5.41 Å². The fourth-order valence-corrected chi connectivity index (χ4v) is 7.09. The van der Waals surface area contributed by atoms with E-state index in [-0.39, 0.29) is 36.4 Å². The number of nitrogens with zero attached hydrogens (tertiary/aromatic N) is 2. The lowest BCUT2D eigenvalue weighted by Crippen LogP contribution is -2.62.